The Kier molecular flexibility index (Phi) is 25.9. The average molecular weight is 1160 g/mol. The van der Waals surface area contributed by atoms with Gasteiger partial charge in [0.15, 0.2) is 6.10 Å². The molecule has 2 aromatic carbocycles. The maximum absolute atomic E-state index is 13.1. The third kappa shape index (κ3) is 22.8. The number of hydrogen-bond donors (Lipinski definition) is 9. The lowest BCUT2D eigenvalue weighted by Gasteiger charge is -2.22. The molecule has 33 heteroatoms. The van der Waals surface area contributed by atoms with Crippen molar-refractivity contribution in [3.63, 3.8) is 0 Å². The van der Waals surface area contributed by atoms with Crippen molar-refractivity contribution in [2.45, 2.75) is 92.9 Å². The third-order valence-electron chi connectivity index (χ3n) is 9.63. The van der Waals surface area contributed by atoms with E-state index in [-0.39, 0.29) is 64.7 Å². The van der Waals surface area contributed by atoms with Crippen molar-refractivity contribution in [3.8, 4) is 40.5 Å². The van der Waals surface area contributed by atoms with Gasteiger partial charge in [0.2, 0.25) is 17.7 Å². The molecule has 0 fully saturated rings. The van der Waals surface area contributed by atoms with Crippen LogP contribution < -0.4 is 32.6 Å². The highest BCUT2D eigenvalue weighted by Gasteiger charge is 2.39. The minimum atomic E-state index is -5.08. The number of nitrogens with two attached hydrogens (primary N) is 3. The van der Waals surface area contributed by atoms with Gasteiger partial charge in [0.1, 0.15) is 77.9 Å². The molecule has 0 saturated heterocycles. The molecule has 0 bridgehead atoms. The Morgan fingerprint density at radius 1 is 0.734 bits per heavy atom. The number of nitrogens with zero attached hydrogens (tertiary/aromatic N) is 4. The van der Waals surface area contributed by atoms with Crippen LogP contribution in [0.4, 0.5) is 32.2 Å². The first-order chi connectivity index (χ1) is 36.8. The van der Waals surface area contributed by atoms with Gasteiger partial charge in [-0.25, -0.2) is 29.1 Å². The van der Waals surface area contributed by atoms with Crippen LogP contribution >= 0.6 is 23.4 Å². The van der Waals surface area contributed by atoms with E-state index in [1.807, 2.05) is 6.07 Å². The van der Waals surface area contributed by atoms with E-state index in [0.29, 0.717) is 27.7 Å². The Bertz CT molecular complexity index is 2880. The number of aliphatic carboxylic acids is 4. The van der Waals surface area contributed by atoms with Crippen LogP contribution in [-0.4, -0.2) is 134 Å². The highest BCUT2D eigenvalue weighted by atomic mass is 35.5. The Morgan fingerprint density at radius 2 is 1.20 bits per heavy atom. The lowest BCUT2D eigenvalue weighted by molar-refractivity contribution is -0.193. The second-order valence-corrected chi connectivity index (χ2v) is 17.2. The number of aromatic nitrogens is 2. The summed E-state index contributed by atoms with van der Waals surface area (Å²) in [5.74, 6) is -10.7. The number of anilines is 1. The number of amides is 2. The van der Waals surface area contributed by atoms with Crippen molar-refractivity contribution >= 4 is 76.8 Å². The van der Waals surface area contributed by atoms with Gasteiger partial charge in [-0.05, 0) is 68.7 Å². The van der Waals surface area contributed by atoms with Crippen LogP contribution in [0.3, 0.4) is 0 Å². The predicted molar refractivity (Wildman–Crippen MR) is 259 cm³/mol. The number of carbonyl (C=O) groups excluding carboxylic acids is 4. The van der Waals surface area contributed by atoms with Gasteiger partial charge in [-0.1, -0.05) is 35.5 Å². The molecule has 4 aromatic rings. The normalized spacial score (nSPS) is 12.8. The molecule has 0 aliphatic carbocycles. The van der Waals surface area contributed by atoms with E-state index in [0.717, 1.165) is 11.8 Å². The smallest absolute Gasteiger partial charge is 0.490 e. The molecule has 0 unspecified atom stereocenters. The number of carbonyl (C=O) groups is 8. The number of alkyl halides is 6. The molecule has 0 aliphatic heterocycles. The quantitative estimate of drug-likeness (QED) is 0.0286. The van der Waals surface area contributed by atoms with Gasteiger partial charge in [0, 0.05) is 34.7 Å². The van der Waals surface area contributed by atoms with E-state index >= 15 is 0 Å². The Labute approximate surface area is 450 Å². The van der Waals surface area contributed by atoms with E-state index in [4.69, 9.17) is 77.4 Å². The van der Waals surface area contributed by atoms with E-state index in [2.05, 4.69) is 26.7 Å². The lowest BCUT2D eigenvalue weighted by Crippen LogP contribution is -2.44. The zero-order valence-corrected chi connectivity index (χ0v) is 42.4. The number of benzene rings is 2. The van der Waals surface area contributed by atoms with E-state index < -0.39 is 103 Å². The molecular formula is C46H46ClF6N9O16S. The second kappa shape index (κ2) is 30.9. The highest BCUT2D eigenvalue weighted by Crippen LogP contribution is 2.37. The summed E-state index contributed by atoms with van der Waals surface area (Å²) in [7, 11) is 0. The van der Waals surface area contributed by atoms with Crippen molar-refractivity contribution in [1.29, 1.82) is 10.5 Å². The zero-order valence-electron chi connectivity index (χ0n) is 40.8. The standard InChI is InChI=1S/C42H44ClN9O12S.2C2HF3O2/c1-21(49-33(53)13-11-31(46)39(55)56)41(59)63-19-28(64-42(60)22(2)50-34(54)14-12-32(47)40(57)58)18-61-27-9-5-23(6-10-27)35-29(15-44)36(48)52-38(30(35)16-45)65-20-26-17-62-37(51-26)24-3-7-25(43)8-4-24;2*3-2(4,5)1(6)7/h3-10,17,21-22,28,31-32H,11-14,18-20,46-47H2,1-2H3,(H2,48,52)(H,49,53)(H,50,54)(H,55,56)(H,57,58);2*(H,6,7)/t21-,22-,28-,31-,32-;;/m0../s1. The number of nitrogens with one attached hydrogen (secondary N) is 2. The van der Waals surface area contributed by atoms with Crippen LogP contribution in [-0.2, 0) is 53.6 Å². The van der Waals surface area contributed by atoms with Crippen LogP contribution in [0.5, 0.6) is 5.75 Å². The molecule has 79 heavy (non-hydrogen) atoms. The molecule has 0 spiro atoms. The summed E-state index contributed by atoms with van der Waals surface area (Å²) in [4.78, 5) is 99.2. The van der Waals surface area contributed by atoms with Gasteiger partial charge < -0.3 is 66.9 Å². The number of carboxylic acids is 4. The molecule has 2 heterocycles. The van der Waals surface area contributed by atoms with Crippen LogP contribution in [0.25, 0.3) is 22.6 Å². The number of pyridine rings is 1. The first-order valence-electron chi connectivity index (χ1n) is 22.0. The predicted octanol–water partition coefficient (Wildman–Crippen LogP) is 4.17. The lowest BCUT2D eigenvalue weighted by atomic mass is 9.97. The molecule has 0 radical (unpaired) electrons. The number of ether oxygens (including phenoxy) is 3. The monoisotopic (exact) mass is 1160 g/mol. The minimum absolute atomic E-state index is 0.0417. The van der Waals surface area contributed by atoms with Crippen molar-refractivity contribution in [1.82, 2.24) is 20.6 Å². The Morgan fingerprint density at radius 3 is 1.66 bits per heavy atom. The van der Waals surface area contributed by atoms with Gasteiger partial charge >= 0.3 is 48.2 Å². The fourth-order valence-electron chi connectivity index (χ4n) is 5.59. The topological polar surface area (TPSA) is 434 Å². The van der Waals surface area contributed by atoms with E-state index in [9.17, 15) is 65.6 Å². The summed E-state index contributed by atoms with van der Waals surface area (Å²) in [5.41, 5.74) is 19.0. The molecule has 12 N–H and O–H groups in total. The largest absolute Gasteiger partial charge is 0.490 e. The molecule has 426 valence electrons. The summed E-state index contributed by atoms with van der Waals surface area (Å²) >= 11 is 7.15. The third-order valence-corrected chi connectivity index (χ3v) is 10.9. The van der Waals surface area contributed by atoms with Gasteiger partial charge in [0.05, 0.1) is 11.3 Å². The average Bonchev–Trinajstić information content (AvgIpc) is 3.87. The van der Waals surface area contributed by atoms with Gasteiger partial charge in [0.25, 0.3) is 0 Å². The summed E-state index contributed by atoms with van der Waals surface area (Å²) in [6.07, 6.45) is -11.0. The SMILES string of the molecule is C[C@H](NC(=O)CC[C@H](N)C(=O)O)C(=O)OC[C@H](COc1ccc(-c2c(C#N)c(N)nc(SCc3coc(-c4ccc(Cl)cc4)n3)c2C#N)cc1)OC(=O)[C@H](C)NC(=O)CC[C@H](N)C(=O)O.O=C(O)C(F)(F)F.O=C(O)C(F)(F)F. The number of rotatable bonds is 23. The fourth-order valence-corrected chi connectivity index (χ4v) is 6.58. The molecular weight excluding hydrogens is 1120 g/mol. The second-order valence-electron chi connectivity index (χ2n) is 15.8. The van der Waals surface area contributed by atoms with Crippen molar-refractivity contribution in [2.24, 2.45) is 11.5 Å². The Balaban J connectivity index is 0.00000134. The van der Waals surface area contributed by atoms with Crippen molar-refractivity contribution in [2.75, 3.05) is 18.9 Å². The van der Waals surface area contributed by atoms with Crippen LogP contribution in [0, 0.1) is 22.7 Å². The molecule has 5 atom stereocenters. The maximum atomic E-state index is 13.1. The first-order valence-corrected chi connectivity index (χ1v) is 23.4. The number of oxazole rings is 1. The molecule has 2 aromatic heterocycles. The summed E-state index contributed by atoms with van der Waals surface area (Å²) < 4.78 is 85.8. The van der Waals surface area contributed by atoms with Crippen LogP contribution in [0.2, 0.25) is 5.02 Å². The minimum Gasteiger partial charge on any atom is -0.490 e. The highest BCUT2D eigenvalue weighted by molar-refractivity contribution is 7.98. The van der Waals surface area contributed by atoms with Gasteiger partial charge in [-0.2, -0.15) is 36.9 Å². The fraction of sp³-hybridized carbons (Fsp3) is 0.348. The molecule has 0 aliphatic rings. The summed E-state index contributed by atoms with van der Waals surface area (Å²) in [5, 5.41) is 58.1. The number of nitrogen functional groups attached to an aromatic ring is 1. The zero-order chi connectivity index (χ0) is 59.9. The number of halogens is 7. The molecule has 4 rings (SSSR count). The van der Waals surface area contributed by atoms with E-state index in [1.54, 1.807) is 36.4 Å². The molecule has 25 nitrogen and oxygen atoms in total. The maximum Gasteiger partial charge on any atom is 0.490 e. The van der Waals surface area contributed by atoms with Crippen LogP contribution in [0.15, 0.2) is 64.2 Å². The molecule has 0 saturated carbocycles. The van der Waals surface area contributed by atoms with Crippen LogP contribution in [0.1, 0.15) is 56.4 Å². The number of esters is 2. The number of hydrogen-bond acceptors (Lipinski definition) is 20. The Hall–Kier alpha value is -8.72. The summed E-state index contributed by atoms with van der Waals surface area (Å²) in [6.45, 7) is 1.61. The van der Waals surface area contributed by atoms with Crippen molar-refractivity contribution < 1.29 is 104 Å². The van der Waals surface area contributed by atoms with Crippen molar-refractivity contribution in [3.05, 3.63) is 76.6 Å². The van der Waals surface area contributed by atoms with E-state index in [1.165, 1.54) is 32.2 Å². The van der Waals surface area contributed by atoms with Gasteiger partial charge in [-0.15, -0.1) is 0 Å². The first kappa shape index (κ1) is 66.4. The number of carboxylic acid groups (broad SMARTS) is 4. The number of thioether (sulfide) groups is 1. The summed E-state index contributed by atoms with van der Waals surface area (Å²) in [6, 6.07) is 12.1. The molecule has 2 amide bonds. The number of nitriles is 2. The van der Waals surface area contributed by atoms with Gasteiger partial charge in [-0.3, -0.25) is 19.2 Å².